The van der Waals surface area contributed by atoms with Gasteiger partial charge in [-0.2, -0.15) is 0 Å². The summed E-state index contributed by atoms with van der Waals surface area (Å²) in [6, 6.07) is 4.50. The molecule has 0 aromatic heterocycles. The molecule has 1 heterocycles. The Morgan fingerprint density at radius 3 is 2.50 bits per heavy atom. The molecule has 1 aromatic carbocycles. The van der Waals surface area contributed by atoms with Crippen LogP contribution in [0.5, 0.6) is 5.75 Å². The quantitative estimate of drug-likeness (QED) is 0.782. The molecule has 1 aliphatic rings. The minimum atomic E-state index is -3.46. The van der Waals surface area contributed by atoms with Crippen LogP contribution in [-0.2, 0) is 9.84 Å². The Kier molecular flexibility index (Phi) is 7.06. The van der Waals surface area contributed by atoms with Gasteiger partial charge >= 0.3 is 0 Å². The van der Waals surface area contributed by atoms with Crippen molar-refractivity contribution in [1.82, 2.24) is 10.2 Å². The number of ether oxygens (including phenoxy) is 1. The van der Waals surface area contributed by atoms with Gasteiger partial charge in [0.25, 0.3) is 5.91 Å². The van der Waals surface area contributed by atoms with Crippen molar-refractivity contribution < 1.29 is 17.9 Å². The van der Waals surface area contributed by atoms with Crippen LogP contribution in [0.1, 0.15) is 37.0 Å². The average molecular weight is 383 g/mol. The van der Waals surface area contributed by atoms with E-state index < -0.39 is 9.84 Å². The third-order valence-electron chi connectivity index (χ3n) is 4.71. The number of benzene rings is 1. The number of likely N-dealkylation sites (tertiary alicyclic amines) is 1. The molecule has 0 spiro atoms. The van der Waals surface area contributed by atoms with Gasteiger partial charge in [-0.15, -0.1) is 0 Å². The van der Waals surface area contributed by atoms with E-state index in [-0.39, 0.29) is 16.6 Å². The van der Waals surface area contributed by atoms with E-state index in [1.807, 2.05) is 0 Å². The highest BCUT2D eigenvalue weighted by Crippen LogP contribution is 2.25. The minimum Gasteiger partial charge on any atom is -0.495 e. The predicted molar refractivity (Wildman–Crippen MR) is 102 cm³/mol. The van der Waals surface area contributed by atoms with Crippen LogP contribution in [-0.4, -0.2) is 58.8 Å². The predicted octanol–water partition coefficient (Wildman–Crippen LogP) is 2.20. The molecule has 1 N–H and O–H groups in total. The summed E-state index contributed by atoms with van der Waals surface area (Å²) in [6.45, 7) is 8.34. The SMILES string of the molecule is COc1ccc(C(=O)NCC2CCN(CC(C)C)CC2)cc1S(C)(=O)=O. The second-order valence-electron chi connectivity index (χ2n) is 7.49. The van der Waals surface area contributed by atoms with Gasteiger partial charge in [-0.25, -0.2) is 8.42 Å². The molecule has 0 bridgehead atoms. The second-order valence-corrected chi connectivity index (χ2v) is 9.47. The fourth-order valence-electron chi connectivity index (χ4n) is 3.34. The fourth-order valence-corrected chi connectivity index (χ4v) is 4.19. The number of nitrogens with zero attached hydrogens (tertiary/aromatic N) is 1. The van der Waals surface area contributed by atoms with Crippen LogP contribution in [0.3, 0.4) is 0 Å². The van der Waals surface area contributed by atoms with Gasteiger partial charge in [0.2, 0.25) is 0 Å². The molecule has 0 atom stereocenters. The first-order chi connectivity index (χ1) is 12.2. The summed E-state index contributed by atoms with van der Waals surface area (Å²) in [7, 11) is -2.05. The molecule has 0 aliphatic carbocycles. The van der Waals surface area contributed by atoms with E-state index in [2.05, 4.69) is 24.1 Å². The molecule has 1 aromatic rings. The van der Waals surface area contributed by atoms with Crippen molar-refractivity contribution in [3.8, 4) is 5.75 Å². The Balaban J connectivity index is 1.93. The van der Waals surface area contributed by atoms with Gasteiger partial charge in [0.1, 0.15) is 10.6 Å². The molecule has 0 radical (unpaired) electrons. The number of carbonyl (C=O) groups is 1. The topological polar surface area (TPSA) is 75.7 Å². The van der Waals surface area contributed by atoms with Crippen LogP contribution in [0.15, 0.2) is 23.1 Å². The molecular weight excluding hydrogens is 352 g/mol. The number of sulfone groups is 1. The van der Waals surface area contributed by atoms with Gasteiger partial charge in [-0.05, 0) is 56.0 Å². The summed E-state index contributed by atoms with van der Waals surface area (Å²) in [5.74, 6) is 1.14. The van der Waals surface area contributed by atoms with Gasteiger partial charge in [0, 0.05) is 24.9 Å². The number of rotatable bonds is 7. The third kappa shape index (κ3) is 5.71. The van der Waals surface area contributed by atoms with E-state index in [1.165, 1.54) is 19.2 Å². The summed E-state index contributed by atoms with van der Waals surface area (Å²) < 4.78 is 28.9. The first kappa shape index (κ1) is 20.7. The molecule has 0 unspecified atom stereocenters. The fraction of sp³-hybridized carbons (Fsp3) is 0.632. The maximum atomic E-state index is 12.4. The van der Waals surface area contributed by atoms with Crippen LogP contribution in [0, 0.1) is 11.8 Å². The molecule has 0 saturated carbocycles. The lowest BCUT2D eigenvalue weighted by Gasteiger charge is -2.33. The van der Waals surface area contributed by atoms with E-state index in [1.54, 1.807) is 6.07 Å². The van der Waals surface area contributed by atoms with Crippen molar-refractivity contribution in [3.05, 3.63) is 23.8 Å². The molecule has 7 heteroatoms. The summed E-state index contributed by atoms with van der Waals surface area (Å²) in [5, 5.41) is 2.95. The van der Waals surface area contributed by atoms with Crippen LogP contribution in [0.25, 0.3) is 0 Å². The zero-order valence-electron chi connectivity index (χ0n) is 16.1. The Morgan fingerprint density at radius 2 is 1.96 bits per heavy atom. The molecule has 6 nitrogen and oxygen atoms in total. The number of amides is 1. The van der Waals surface area contributed by atoms with Gasteiger partial charge in [-0.3, -0.25) is 4.79 Å². The molecule has 26 heavy (non-hydrogen) atoms. The molecule has 146 valence electrons. The number of carbonyl (C=O) groups excluding carboxylic acids is 1. The maximum absolute atomic E-state index is 12.4. The number of hydrogen-bond donors (Lipinski definition) is 1. The smallest absolute Gasteiger partial charge is 0.251 e. The highest BCUT2D eigenvalue weighted by molar-refractivity contribution is 7.90. The lowest BCUT2D eigenvalue weighted by atomic mass is 9.96. The van der Waals surface area contributed by atoms with E-state index in [9.17, 15) is 13.2 Å². The maximum Gasteiger partial charge on any atom is 0.251 e. The van der Waals surface area contributed by atoms with E-state index >= 15 is 0 Å². The van der Waals surface area contributed by atoms with Crippen molar-refractivity contribution in [3.63, 3.8) is 0 Å². The Bertz CT molecular complexity index is 723. The van der Waals surface area contributed by atoms with Gasteiger partial charge in [0.05, 0.1) is 7.11 Å². The molecule has 2 rings (SSSR count). The second kappa shape index (κ2) is 8.86. The molecule has 1 amide bonds. The van der Waals surface area contributed by atoms with Crippen molar-refractivity contribution in [2.75, 3.05) is 39.5 Å². The summed E-state index contributed by atoms with van der Waals surface area (Å²) in [4.78, 5) is 14.9. The van der Waals surface area contributed by atoms with Crippen molar-refractivity contribution in [2.24, 2.45) is 11.8 Å². The van der Waals surface area contributed by atoms with Crippen LogP contribution in [0.4, 0.5) is 0 Å². The molecule has 1 fully saturated rings. The van der Waals surface area contributed by atoms with E-state index in [0.717, 1.165) is 38.7 Å². The van der Waals surface area contributed by atoms with E-state index in [4.69, 9.17) is 4.74 Å². The van der Waals surface area contributed by atoms with Gasteiger partial charge in [0.15, 0.2) is 9.84 Å². The highest BCUT2D eigenvalue weighted by atomic mass is 32.2. The van der Waals surface area contributed by atoms with E-state index in [0.29, 0.717) is 23.9 Å². The zero-order valence-corrected chi connectivity index (χ0v) is 16.9. The lowest BCUT2D eigenvalue weighted by Crippen LogP contribution is -2.40. The standard InChI is InChI=1S/C19H30N2O4S/c1-14(2)13-21-9-7-15(8-10-21)12-20-19(22)16-5-6-17(25-3)18(11-16)26(4,23)24/h5-6,11,14-15H,7-10,12-13H2,1-4H3,(H,20,22). The Hall–Kier alpha value is -1.60. The summed E-state index contributed by atoms with van der Waals surface area (Å²) >= 11 is 0. The largest absolute Gasteiger partial charge is 0.495 e. The number of hydrogen-bond acceptors (Lipinski definition) is 5. The highest BCUT2D eigenvalue weighted by Gasteiger charge is 2.21. The molecule has 1 saturated heterocycles. The van der Waals surface area contributed by atoms with Crippen LogP contribution >= 0.6 is 0 Å². The number of methoxy groups -OCH3 is 1. The lowest BCUT2D eigenvalue weighted by molar-refractivity contribution is 0.0934. The number of piperidine rings is 1. The van der Waals surface area contributed by atoms with Gasteiger partial charge in [-0.1, -0.05) is 13.8 Å². The summed E-state index contributed by atoms with van der Waals surface area (Å²) in [5.41, 5.74) is 0.337. The Labute approximate surface area is 156 Å². The minimum absolute atomic E-state index is 0.0367. The van der Waals surface area contributed by atoms with Crippen molar-refractivity contribution in [2.45, 2.75) is 31.6 Å². The number of nitrogens with one attached hydrogen (secondary N) is 1. The zero-order chi connectivity index (χ0) is 19.3. The molecular formula is C19H30N2O4S. The van der Waals surface area contributed by atoms with Crippen molar-refractivity contribution >= 4 is 15.7 Å². The first-order valence-corrected chi connectivity index (χ1v) is 11.0. The van der Waals surface area contributed by atoms with Crippen molar-refractivity contribution in [1.29, 1.82) is 0 Å². The van der Waals surface area contributed by atoms with Crippen LogP contribution in [0.2, 0.25) is 0 Å². The summed E-state index contributed by atoms with van der Waals surface area (Å²) in [6.07, 6.45) is 3.26. The molecule has 1 aliphatic heterocycles. The first-order valence-electron chi connectivity index (χ1n) is 9.09. The average Bonchev–Trinajstić information content (AvgIpc) is 2.59. The third-order valence-corrected chi connectivity index (χ3v) is 5.83. The normalized spacial score (nSPS) is 16.7. The monoisotopic (exact) mass is 382 g/mol. The van der Waals surface area contributed by atoms with Gasteiger partial charge < -0.3 is 15.0 Å². The van der Waals surface area contributed by atoms with Crippen LogP contribution < -0.4 is 10.1 Å². The Morgan fingerprint density at radius 1 is 1.31 bits per heavy atom.